The van der Waals surface area contributed by atoms with Crippen LogP contribution in [0.15, 0.2) is 30.6 Å². The Kier molecular flexibility index (Phi) is 4.23. The largest absolute Gasteiger partial charge is 0.478 e. The van der Waals surface area contributed by atoms with Crippen LogP contribution in [0.1, 0.15) is 31.8 Å². The molecule has 0 spiro atoms. The van der Waals surface area contributed by atoms with Crippen molar-refractivity contribution >= 4 is 29.2 Å². The standard InChI is InChI=1S/C15H13ClN2O3/c1-8-5-9(2)13(10(6-8)15(20)21)18-14(19)11-7-17-4-3-12(11)16/h3-7H,1-2H3,(H,18,19)(H,20,21). The first-order valence-electron chi connectivity index (χ1n) is 6.15. The zero-order chi connectivity index (χ0) is 15.6. The van der Waals surface area contributed by atoms with Crippen LogP contribution < -0.4 is 5.32 Å². The van der Waals surface area contributed by atoms with Crippen LogP contribution in [0.2, 0.25) is 5.02 Å². The molecule has 2 aromatic rings. The summed E-state index contributed by atoms with van der Waals surface area (Å²) in [6.07, 6.45) is 2.81. The summed E-state index contributed by atoms with van der Waals surface area (Å²) in [5.41, 5.74) is 1.97. The van der Waals surface area contributed by atoms with Crippen LogP contribution in [0, 0.1) is 13.8 Å². The number of halogens is 1. The van der Waals surface area contributed by atoms with Crippen LogP contribution in [-0.2, 0) is 0 Å². The van der Waals surface area contributed by atoms with Crippen molar-refractivity contribution in [3.05, 3.63) is 57.9 Å². The highest BCUT2D eigenvalue weighted by Gasteiger charge is 2.18. The van der Waals surface area contributed by atoms with E-state index in [1.54, 1.807) is 19.9 Å². The van der Waals surface area contributed by atoms with Gasteiger partial charge in [0.15, 0.2) is 0 Å². The Balaban J connectivity index is 2.42. The quantitative estimate of drug-likeness (QED) is 0.912. The van der Waals surface area contributed by atoms with Gasteiger partial charge in [-0.1, -0.05) is 17.7 Å². The molecule has 0 aliphatic heterocycles. The van der Waals surface area contributed by atoms with E-state index in [2.05, 4.69) is 10.3 Å². The molecule has 0 atom stereocenters. The molecule has 2 N–H and O–H groups in total. The lowest BCUT2D eigenvalue weighted by Crippen LogP contribution is -2.16. The molecule has 0 saturated carbocycles. The summed E-state index contributed by atoms with van der Waals surface area (Å²) in [4.78, 5) is 27.4. The maximum absolute atomic E-state index is 12.2. The number of rotatable bonds is 3. The van der Waals surface area contributed by atoms with E-state index in [1.807, 2.05) is 0 Å². The Bertz CT molecular complexity index is 729. The number of aryl methyl sites for hydroxylation is 2. The second-order valence-electron chi connectivity index (χ2n) is 4.62. The van der Waals surface area contributed by atoms with Gasteiger partial charge in [-0.3, -0.25) is 9.78 Å². The van der Waals surface area contributed by atoms with Crippen LogP contribution >= 0.6 is 11.6 Å². The van der Waals surface area contributed by atoms with E-state index in [4.69, 9.17) is 11.6 Å². The number of aromatic nitrogens is 1. The summed E-state index contributed by atoms with van der Waals surface area (Å²) in [6, 6.07) is 4.80. The normalized spacial score (nSPS) is 10.2. The van der Waals surface area contributed by atoms with Gasteiger partial charge in [0.2, 0.25) is 0 Å². The third kappa shape index (κ3) is 3.20. The van der Waals surface area contributed by atoms with Gasteiger partial charge in [-0.05, 0) is 37.1 Å². The van der Waals surface area contributed by atoms with E-state index in [9.17, 15) is 14.7 Å². The summed E-state index contributed by atoms with van der Waals surface area (Å²) >= 11 is 5.94. The molecule has 21 heavy (non-hydrogen) atoms. The van der Waals surface area contributed by atoms with Gasteiger partial charge in [0, 0.05) is 12.4 Å². The molecule has 1 aromatic heterocycles. The molecule has 0 radical (unpaired) electrons. The molecule has 5 nitrogen and oxygen atoms in total. The van der Waals surface area contributed by atoms with Gasteiger partial charge >= 0.3 is 5.97 Å². The molecule has 6 heteroatoms. The van der Waals surface area contributed by atoms with Crippen LogP contribution in [0.4, 0.5) is 5.69 Å². The first-order chi connectivity index (χ1) is 9.90. The van der Waals surface area contributed by atoms with Crippen molar-refractivity contribution in [2.45, 2.75) is 13.8 Å². The summed E-state index contributed by atoms with van der Waals surface area (Å²) in [5, 5.41) is 12.1. The number of nitrogens with one attached hydrogen (secondary N) is 1. The minimum atomic E-state index is -1.10. The van der Waals surface area contributed by atoms with Gasteiger partial charge in [-0.15, -0.1) is 0 Å². The van der Waals surface area contributed by atoms with E-state index in [1.165, 1.54) is 24.5 Å². The maximum atomic E-state index is 12.2. The van der Waals surface area contributed by atoms with Gasteiger partial charge in [-0.25, -0.2) is 4.79 Å². The minimum Gasteiger partial charge on any atom is -0.478 e. The fourth-order valence-corrected chi connectivity index (χ4v) is 2.22. The summed E-state index contributed by atoms with van der Waals surface area (Å²) in [6.45, 7) is 3.53. The molecule has 2 rings (SSSR count). The fourth-order valence-electron chi connectivity index (χ4n) is 2.03. The number of nitrogens with zero attached hydrogens (tertiary/aromatic N) is 1. The number of aromatic carboxylic acids is 1. The van der Waals surface area contributed by atoms with Crippen molar-refractivity contribution < 1.29 is 14.7 Å². The van der Waals surface area contributed by atoms with Crippen LogP contribution in [0.25, 0.3) is 0 Å². The van der Waals surface area contributed by atoms with Gasteiger partial charge in [0.05, 0.1) is 21.8 Å². The molecule has 1 aromatic carbocycles. The molecule has 1 heterocycles. The van der Waals surface area contributed by atoms with Gasteiger partial charge in [-0.2, -0.15) is 0 Å². The maximum Gasteiger partial charge on any atom is 0.337 e. The molecule has 0 fully saturated rings. The summed E-state index contributed by atoms with van der Waals surface area (Å²) < 4.78 is 0. The SMILES string of the molecule is Cc1cc(C)c(NC(=O)c2cnccc2Cl)c(C(=O)O)c1. The molecule has 0 bridgehead atoms. The summed E-state index contributed by atoms with van der Waals surface area (Å²) in [7, 11) is 0. The third-order valence-corrected chi connectivity index (χ3v) is 3.29. The molecule has 0 unspecified atom stereocenters. The topological polar surface area (TPSA) is 79.3 Å². The average molecular weight is 305 g/mol. The third-order valence-electron chi connectivity index (χ3n) is 2.96. The van der Waals surface area contributed by atoms with E-state index in [0.717, 1.165) is 5.56 Å². The molecule has 0 saturated heterocycles. The van der Waals surface area contributed by atoms with E-state index in [-0.39, 0.29) is 21.8 Å². The molecule has 1 amide bonds. The minimum absolute atomic E-state index is 0.0425. The molecular weight excluding hydrogens is 292 g/mol. The Labute approximate surface area is 126 Å². The fraction of sp³-hybridized carbons (Fsp3) is 0.133. The zero-order valence-corrected chi connectivity index (χ0v) is 12.2. The molecule has 0 aliphatic carbocycles. The highest BCUT2D eigenvalue weighted by molar-refractivity contribution is 6.34. The predicted molar refractivity (Wildman–Crippen MR) is 80.1 cm³/mol. The number of carbonyl (C=O) groups is 2. The van der Waals surface area contributed by atoms with Crippen LogP contribution in [-0.4, -0.2) is 22.0 Å². The number of anilines is 1. The van der Waals surface area contributed by atoms with Crippen molar-refractivity contribution in [2.75, 3.05) is 5.32 Å². The van der Waals surface area contributed by atoms with Crippen LogP contribution in [0.5, 0.6) is 0 Å². The van der Waals surface area contributed by atoms with Crippen molar-refractivity contribution in [2.24, 2.45) is 0 Å². The van der Waals surface area contributed by atoms with Crippen LogP contribution in [0.3, 0.4) is 0 Å². The monoisotopic (exact) mass is 304 g/mol. The Morgan fingerprint density at radius 1 is 1.24 bits per heavy atom. The van der Waals surface area contributed by atoms with E-state index < -0.39 is 11.9 Å². The lowest BCUT2D eigenvalue weighted by Gasteiger charge is -2.13. The first kappa shape index (κ1) is 15.0. The highest BCUT2D eigenvalue weighted by Crippen LogP contribution is 2.24. The van der Waals surface area contributed by atoms with Crippen molar-refractivity contribution in [1.82, 2.24) is 4.98 Å². The van der Waals surface area contributed by atoms with Crippen molar-refractivity contribution in [1.29, 1.82) is 0 Å². The predicted octanol–water partition coefficient (Wildman–Crippen LogP) is 3.30. The highest BCUT2D eigenvalue weighted by atomic mass is 35.5. The molecule has 0 aliphatic rings. The number of carboxylic acid groups (broad SMARTS) is 1. The summed E-state index contributed by atoms with van der Waals surface area (Å²) in [5.74, 6) is -1.60. The number of hydrogen-bond donors (Lipinski definition) is 2. The first-order valence-corrected chi connectivity index (χ1v) is 6.53. The Morgan fingerprint density at radius 2 is 1.95 bits per heavy atom. The lowest BCUT2D eigenvalue weighted by molar-refractivity contribution is 0.0698. The number of benzene rings is 1. The van der Waals surface area contributed by atoms with Gasteiger partial charge in [0.25, 0.3) is 5.91 Å². The van der Waals surface area contributed by atoms with E-state index in [0.29, 0.717) is 5.56 Å². The van der Waals surface area contributed by atoms with Crippen molar-refractivity contribution in [3.8, 4) is 0 Å². The second-order valence-corrected chi connectivity index (χ2v) is 5.03. The number of carbonyl (C=O) groups excluding carboxylic acids is 1. The molecule has 108 valence electrons. The van der Waals surface area contributed by atoms with Crippen molar-refractivity contribution in [3.63, 3.8) is 0 Å². The Hall–Kier alpha value is -2.40. The van der Waals surface area contributed by atoms with E-state index >= 15 is 0 Å². The number of carboxylic acids is 1. The number of pyridine rings is 1. The van der Waals surface area contributed by atoms with Gasteiger partial charge in [0.1, 0.15) is 0 Å². The smallest absolute Gasteiger partial charge is 0.337 e. The molecular formula is C15H13ClN2O3. The lowest BCUT2D eigenvalue weighted by atomic mass is 10.0. The number of amides is 1. The van der Waals surface area contributed by atoms with Gasteiger partial charge < -0.3 is 10.4 Å². The number of hydrogen-bond acceptors (Lipinski definition) is 3. The Morgan fingerprint density at radius 3 is 2.57 bits per heavy atom. The second kappa shape index (κ2) is 5.93. The average Bonchev–Trinajstić information content (AvgIpc) is 2.41. The zero-order valence-electron chi connectivity index (χ0n) is 11.5.